The lowest BCUT2D eigenvalue weighted by Gasteiger charge is -2.10. The molecule has 4 nitrogen and oxygen atoms in total. The van der Waals surface area contributed by atoms with Gasteiger partial charge in [-0.1, -0.05) is 58.3 Å². The van der Waals surface area contributed by atoms with Crippen LogP contribution in [0.3, 0.4) is 0 Å². The number of unbranched alkanes of at least 4 members (excludes halogenated alkanes) is 8. The van der Waals surface area contributed by atoms with E-state index in [2.05, 4.69) is 29.3 Å². The fraction of sp³-hybridized carbons (Fsp3) is 0.842. The summed E-state index contributed by atoms with van der Waals surface area (Å²) in [5.74, 6) is -1.40. The number of carboxylic acids is 1. The van der Waals surface area contributed by atoms with Gasteiger partial charge in [-0.25, -0.2) is 4.99 Å². The molecule has 0 fully saturated rings. The molecular weight excluding hydrogens is 322 g/mol. The lowest BCUT2D eigenvalue weighted by Crippen LogP contribution is -2.18. The normalized spacial score (nSPS) is 11.7. The highest BCUT2D eigenvalue weighted by Gasteiger charge is 2.20. The number of isothiocyanates is 1. The first kappa shape index (κ1) is 22.9. The van der Waals surface area contributed by atoms with E-state index in [-0.39, 0.29) is 12.2 Å². The Kier molecular flexibility index (Phi) is 16.0. The molecule has 0 aromatic rings. The molecule has 1 atom stereocenters. The molecule has 0 heterocycles. The molecule has 1 N–H and O–H groups in total. The summed E-state index contributed by atoms with van der Waals surface area (Å²) >= 11 is 4.47. The highest BCUT2D eigenvalue weighted by molar-refractivity contribution is 7.78. The molecule has 0 saturated carbocycles. The molecule has 0 radical (unpaired) electrons. The number of carbonyl (C=O) groups excluding carboxylic acids is 1. The smallest absolute Gasteiger partial charge is 0.306 e. The molecule has 0 bridgehead atoms. The zero-order valence-corrected chi connectivity index (χ0v) is 15.9. The highest BCUT2D eigenvalue weighted by atomic mass is 32.1. The summed E-state index contributed by atoms with van der Waals surface area (Å²) in [6.07, 6.45) is 12.7. The number of carbonyl (C=O) groups is 2. The zero-order valence-electron chi connectivity index (χ0n) is 15.1. The maximum absolute atomic E-state index is 11.9. The van der Waals surface area contributed by atoms with Gasteiger partial charge in [-0.05, 0) is 31.5 Å². The van der Waals surface area contributed by atoms with Gasteiger partial charge in [0.05, 0.1) is 11.1 Å². The van der Waals surface area contributed by atoms with Crippen molar-refractivity contribution >= 4 is 29.1 Å². The summed E-state index contributed by atoms with van der Waals surface area (Å²) in [5.41, 5.74) is 0. The van der Waals surface area contributed by atoms with Crippen LogP contribution in [0.25, 0.3) is 0 Å². The zero-order chi connectivity index (χ0) is 18.0. The van der Waals surface area contributed by atoms with Crippen molar-refractivity contribution in [3.05, 3.63) is 0 Å². The van der Waals surface area contributed by atoms with Gasteiger partial charge >= 0.3 is 5.97 Å². The van der Waals surface area contributed by atoms with E-state index in [1.54, 1.807) is 0 Å². The lowest BCUT2D eigenvalue weighted by atomic mass is 9.95. The fourth-order valence-corrected chi connectivity index (χ4v) is 2.88. The number of aliphatic carboxylic acids is 1. The summed E-state index contributed by atoms with van der Waals surface area (Å²) in [5, 5.41) is 11.5. The summed E-state index contributed by atoms with van der Waals surface area (Å²) in [7, 11) is 0. The lowest BCUT2D eigenvalue weighted by molar-refractivity contribution is -0.144. The summed E-state index contributed by atoms with van der Waals surface area (Å²) in [4.78, 5) is 26.9. The third kappa shape index (κ3) is 14.5. The highest BCUT2D eigenvalue weighted by Crippen LogP contribution is 2.16. The minimum atomic E-state index is -0.887. The van der Waals surface area contributed by atoms with Crippen molar-refractivity contribution in [2.45, 2.75) is 90.4 Å². The second-order valence-electron chi connectivity index (χ2n) is 6.47. The van der Waals surface area contributed by atoms with E-state index in [1.165, 1.54) is 44.9 Å². The van der Waals surface area contributed by atoms with Gasteiger partial charge in [0.1, 0.15) is 5.78 Å². The number of carboxylic acid groups (broad SMARTS) is 1. The molecule has 0 aromatic carbocycles. The predicted octanol–water partition coefficient (Wildman–Crippen LogP) is 5.45. The number of Topliss-reactive ketones (excluding diaryl/α,β-unsaturated/α-hetero) is 1. The van der Waals surface area contributed by atoms with Gasteiger partial charge in [0, 0.05) is 19.4 Å². The van der Waals surface area contributed by atoms with Gasteiger partial charge in [-0.15, -0.1) is 0 Å². The van der Waals surface area contributed by atoms with Gasteiger partial charge in [0.2, 0.25) is 0 Å². The first-order valence-corrected chi connectivity index (χ1v) is 9.80. The predicted molar refractivity (Wildman–Crippen MR) is 102 cm³/mol. The van der Waals surface area contributed by atoms with Crippen LogP contribution in [0.15, 0.2) is 4.99 Å². The average Bonchev–Trinajstić information content (AvgIpc) is 2.56. The largest absolute Gasteiger partial charge is 0.481 e. The summed E-state index contributed by atoms with van der Waals surface area (Å²) < 4.78 is 0. The molecule has 0 aliphatic carbocycles. The molecule has 24 heavy (non-hydrogen) atoms. The third-order valence-electron chi connectivity index (χ3n) is 4.27. The van der Waals surface area contributed by atoms with Gasteiger partial charge in [-0.3, -0.25) is 9.59 Å². The molecule has 0 amide bonds. The number of thiocarbonyl (C=S) groups is 1. The van der Waals surface area contributed by atoms with E-state index < -0.39 is 11.9 Å². The average molecular weight is 356 g/mol. The van der Waals surface area contributed by atoms with E-state index >= 15 is 0 Å². The van der Waals surface area contributed by atoms with Crippen molar-refractivity contribution in [2.24, 2.45) is 10.9 Å². The number of hydrogen-bond donors (Lipinski definition) is 1. The first-order chi connectivity index (χ1) is 11.6. The standard InChI is InChI=1S/C19H33NO3S/c1-2-3-4-5-6-7-8-9-10-13-18(21)15-17(19(22)23)12-11-14-20-16-24/h17H,2-15H2,1H3,(H,22,23). The number of nitrogens with zero attached hydrogens (tertiary/aromatic N) is 1. The van der Waals surface area contributed by atoms with Crippen LogP contribution in [-0.4, -0.2) is 28.6 Å². The quantitative estimate of drug-likeness (QED) is 0.214. The molecule has 0 spiro atoms. The van der Waals surface area contributed by atoms with Gasteiger partial charge < -0.3 is 5.11 Å². The van der Waals surface area contributed by atoms with Crippen LogP contribution >= 0.6 is 12.2 Å². The van der Waals surface area contributed by atoms with Crippen molar-refractivity contribution in [2.75, 3.05) is 6.54 Å². The number of aliphatic imine (C=N–C) groups is 1. The number of rotatable bonds is 17. The van der Waals surface area contributed by atoms with Crippen molar-refractivity contribution in [1.29, 1.82) is 0 Å². The summed E-state index contributed by atoms with van der Waals surface area (Å²) in [6.45, 7) is 2.71. The summed E-state index contributed by atoms with van der Waals surface area (Å²) in [6, 6.07) is 0. The SMILES string of the molecule is CCCCCCCCCCCC(=O)CC(CCCN=C=S)C(=O)O. The van der Waals surface area contributed by atoms with Crippen molar-refractivity contribution in [3.8, 4) is 0 Å². The van der Waals surface area contributed by atoms with Crippen molar-refractivity contribution in [1.82, 2.24) is 0 Å². The molecule has 138 valence electrons. The monoisotopic (exact) mass is 355 g/mol. The molecular formula is C19H33NO3S. The number of ketones is 1. The van der Waals surface area contributed by atoms with E-state index in [1.807, 2.05) is 0 Å². The van der Waals surface area contributed by atoms with Crippen LogP contribution in [0.5, 0.6) is 0 Å². The van der Waals surface area contributed by atoms with Gasteiger partial charge in [-0.2, -0.15) is 0 Å². The first-order valence-electron chi connectivity index (χ1n) is 9.40. The van der Waals surface area contributed by atoms with E-state index in [0.29, 0.717) is 25.8 Å². The van der Waals surface area contributed by atoms with Gasteiger partial charge in [0.25, 0.3) is 0 Å². The Labute approximate surface area is 152 Å². The van der Waals surface area contributed by atoms with E-state index in [9.17, 15) is 14.7 Å². The second-order valence-corrected chi connectivity index (χ2v) is 6.65. The van der Waals surface area contributed by atoms with Crippen LogP contribution in [0.1, 0.15) is 90.4 Å². The van der Waals surface area contributed by atoms with Crippen LogP contribution < -0.4 is 0 Å². The topological polar surface area (TPSA) is 66.7 Å². The van der Waals surface area contributed by atoms with Gasteiger partial charge in [0.15, 0.2) is 0 Å². The minimum absolute atomic E-state index is 0.0729. The second kappa shape index (κ2) is 16.8. The van der Waals surface area contributed by atoms with Crippen molar-refractivity contribution < 1.29 is 14.7 Å². The molecule has 0 saturated heterocycles. The molecule has 1 unspecified atom stereocenters. The van der Waals surface area contributed by atoms with Crippen LogP contribution in [0, 0.1) is 5.92 Å². The Hall–Kier alpha value is -1.06. The molecule has 5 heteroatoms. The van der Waals surface area contributed by atoms with Crippen LogP contribution in [-0.2, 0) is 9.59 Å². The minimum Gasteiger partial charge on any atom is -0.481 e. The van der Waals surface area contributed by atoms with E-state index in [0.717, 1.165) is 12.8 Å². The molecule has 0 aromatic heterocycles. The molecule has 0 rings (SSSR count). The Morgan fingerprint density at radius 1 is 1.00 bits per heavy atom. The fourth-order valence-electron chi connectivity index (χ4n) is 2.78. The Bertz CT molecular complexity index is 392. The maximum Gasteiger partial charge on any atom is 0.306 e. The molecule has 0 aliphatic heterocycles. The third-order valence-corrected chi connectivity index (χ3v) is 4.40. The number of hydrogen-bond acceptors (Lipinski definition) is 4. The van der Waals surface area contributed by atoms with Crippen molar-refractivity contribution in [3.63, 3.8) is 0 Å². The molecule has 0 aliphatic rings. The maximum atomic E-state index is 11.9. The van der Waals surface area contributed by atoms with E-state index in [4.69, 9.17) is 0 Å². The van der Waals surface area contributed by atoms with Crippen LogP contribution in [0.4, 0.5) is 0 Å². The Morgan fingerprint density at radius 2 is 1.58 bits per heavy atom. The van der Waals surface area contributed by atoms with Crippen LogP contribution in [0.2, 0.25) is 0 Å². The Balaban J connectivity index is 3.69. The Morgan fingerprint density at radius 3 is 2.12 bits per heavy atom.